The molecule has 0 saturated heterocycles. The van der Waals surface area contributed by atoms with Gasteiger partial charge in [0.25, 0.3) is 0 Å². The molecule has 15 heteroatoms. The zero-order chi connectivity index (χ0) is 53.5. The molecule has 6 aromatic carbocycles. The number of rotatable bonds is 28. The van der Waals surface area contributed by atoms with Gasteiger partial charge in [-0.25, -0.2) is 0 Å². The molecule has 0 spiro atoms. The molecular formula is C60H88BrO12Si2-. The van der Waals surface area contributed by atoms with Crippen LogP contribution in [0.15, 0.2) is 147 Å². The summed E-state index contributed by atoms with van der Waals surface area (Å²) < 4.78 is 56.2. The molecule has 0 fully saturated rings. The Morgan fingerprint density at radius 2 is 0.800 bits per heavy atom. The fraction of sp³-hybridized carbons (Fsp3) is 0.383. The largest absolute Gasteiger partial charge is 0.508 e. The van der Waals surface area contributed by atoms with E-state index >= 15 is 0 Å². The van der Waals surface area contributed by atoms with Crippen LogP contribution in [0.3, 0.4) is 0 Å². The van der Waals surface area contributed by atoms with Crippen LogP contribution in [0, 0.1) is 7.43 Å². The van der Waals surface area contributed by atoms with Gasteiger partial charge in [0.15, 0.2) is 0 Å². The van der Waals surface area contributed by atoms with Crippen molar-refractivity contribution in [2.45, 2.75) is 81.2 Å². The first kappa shape index (κ1) is 69.8. The van der Waals surface area contributed by atoms with E-state index in [4.69, 9.17) is 55.7 Å². The first-order valence-corrected chi connectivity index (χ1v) is 29.6. The lowest BCUT2D eigenvalue weighted by Gasteiger charge is -2.28. The standard InChI is InChI=1S/C23H36O5Si.C16H16O2.C10H8O2.C6H16O3Si.C3H5Br.CH4.CH3/c1-5-9-15-24-22-13-11-20-12-14-23(19-21(20)18-22)25-16-10-17-29(26-6-2,27-7-3)28-8-4;1-3-9-17-15-7-5-13-6-8-16(18-10-4-2)12-14(13)11-15;11-9-3-1-7-2-4-10(12)6-8(7)5-9;1-4-7-10(8-5-2)9-6-3;1-2-3-4;;/h11-14,18-19H,5-10,15-17H2,1-4H3;3-8,11-12H,1-2,9-10H2;1-6,11-12H;10H,4-6H2,1-3H3;2H,1,3H2;1H4;1H3/q;;;;;;-1. The molecule has 0 radical (unpaired) electrons. The Bertz CT molecular complexity index is 2320. The van der Waals surface area contributed by atoms with Gasteiger partial charge in [0.1, 0.15) is 47.7 Å². The third-order valence-electron chi connectivity index (χ3n) is 9.88. The van der Waals surface area contributed by atoms with Crippen molar-refractivity contribution in [3.63, 3.8) is 0 Å². The Morgan fingerprint density at radius 3 is 1.12 bits per heavy atom. The maximum Gasteiger partial charge on any atom is 0.501 e. The number of aromatic hydroxyl groups is 2. The van der Waals surface area contributed by atoms with Gasteiger partial charge in [0, 0.05) is 51.0 Å². The van der Waals surface area contributed by atoms with Gasteiger partial charge in [-0.15, -0.1) is 6.58 Å². The lowest BCUT2D eigenvalue weighted by molar-refractivity contribution is 0.0696. The number of phenolic OH excluding ortho intramolecular Hbond substituents is 2. The highest BCUT2D eigenvalue weighted by molar-refractivity contribution is 9.09. The summed E-state index contributed by atoms with van der Waals surface area (Å²) >= 11 is 3.13. The van der Waals surface area contributed by atoms with Crippen LogP contribution in [-0.4, -0.2) is 99.9 Å². The van der Waals surface area contributed by atoms with Gasteiger partial charge < -0.3 is 63.1 Å². The summed E-state index contributed by atoms with van der Waals surface area (Å²) in [6, 6.07) is 35.2. The van der Waals surface area contributed by atoms with Crippen molar-refractivity contribution < 1.29 is 55.7 Å². The molecule has 0 saturated carbocycles. The van der Waals surface area contributed by atoms with Crippen LogP contribution in [0.4, 0.5) is 0 Å². The van der Waals surface area contributed by atoms with E-state index in [1.165, 1.54) is 5.39 Å². The fourth-order valence-corrected chi connectivity index (χ4v) is 10.3. The second-order valence-electron chi connectivity index (χ2n) is 15.5. The third-order valence-corrected chi connectivity index (χ3v) is 15.3. The number of ether oxygens (including phenoxy) is 4. The van der Waals surface area contributed by atoms with Crippen molar-refractivity contribution in [3.8, 4) is 34.5 Å². The van der Waals surface area contributed by atoms with Gasteiger partial charge in [-0.05, 0) is 159 Å². The maximum atomic E-state index is 9.14. The minimum absolute atomic E-state index is 0. The summed E-state index contributed by atoms with van der Waals surface area (Å²) in [4.78, 5) is 0. The molecule has 0 unspecified atom stereocenters. The highest BCUT2D eigenvalue weighted by atomic mass is 79.9. The Hall–Kier alpha value is -5.21. The molecule has 12 nitrogen and oxygen atoms in total. The van der Waals surface area contributed by atoms with Crippen molar-refractivity contribution in [3.05, 3.63) is 155 Å². The molecule has 75 heavy (non-hydrogen) atoms. The summed E-state index contributed by atoms with van der Waals surface area (Å²) in [6.45, 7) is 30.8. The summed E-state index contributed by atoms with van der Waals surface area (Å²) in [5.41, 5.74) is 0. The van der Waals surface area contributed by atoms with Crippen LogP contribution >= 0.6 is 15.9 Å². The Kier molecular flexibility index (Phi) is 40.0. The van der Waals surface area contributed by atoms with E-state index in [9.17, 15) is 0 Å². The van der Waals surface area contributed by atoms with Crippen LogP contribution in [0.5, 0.6) is 34.5 Å². The predicted molar refractivity (Wildman–Crippen MR) is 322 cm³/mol. The van der Waals surface area contributed by atoms with Crippen molar-refractivity contribution in [1.82, 2.24) is 0 Å². The van der Waals surface area contributed by atoms with E-state index in [1.807, 2.05) is 102 Å². The number of phenols is 2. The molecule has 0 bridgehead atoms. The average molecular weight is 1140 g/mol. The minimum Gasteiger partial charge on any atom is -0.508 e. The van der Waals surface area contributed by atoms with Gasteiger partial charge in [0.05, 0.1) is 13.2 Å². The molecule has 0 amide bonds. The van der Waals surface area contributed by atoms with Crippen LogP contribution in [0.2, 0.25) is 6.04 Å². The Labute approximate surface area is 461 Å². The average Bonchev–Trinajstić information content (AvgIpc) is 3.39. The first-order chi connectivity index (χ1) is 35.5. The van der Waals surface area contributed by atoms with Crippen molar-refractivity contribution in [2.75, 3.05) is 71.4 Å². The number of halogens is 1. The number of hydrogen-bond donors (Lipinski definition) is 2. The van der Waals surface area contributed by atoms with Gasteiger partial charge in [0.2, 0.25) is 0 Å². The van der Waals surface area contributed by atoms with E-state index in [2.05, 4.69) is 66.9 Å². The highest BCUT2D eigenvalue weighted by Gasteiger charge is 2.39. The lowest BCUT2D eigenvalue weighted by atomic mass is 10.1. The molecule has 0 aliphatic carbocycles. The minimum atomic E-state index is -2.60. The molecule has 0 aliphatic rings. The molecule has 0 aliphatic heterocycles. The van der Waals surface area contributed by atoms with Gasteiger partial charge >= 0.3 is 18.3 Å². The topological polar surface area (TPSA) is 133 Å². The molecule has 416 valence electrons. The number of allylic oxidation sites excluding steroid dienone is 1. The number of unbranched alkanes of at least 4 members (excludes halogenated alkanes) is 1. The monoisotopic (exact) mass is 1140 g/mol. The highest BCUT2D eigenvalue weighted by Crippen LogP contribution is 2.28. The van der Waals surface area contributed by atoms with Gasteiger partial charge in [-0.1, -0.05) is 104 Å². The summed E-state index contributed by atoms with van der Waals surface area (Å²) in [5, 5.41) is 25.6. The molecule has 0 heterocycles. The lowest BCUT2D eigenvalue weighted by Crippen LogP contribution is -2.46. The number of alkyl halides is 1. The SMILES string of the molecule is C.C=CCBr.C=CCOc1ccc2ccc(OCC=C)cc2c1.CCCCOc1ccc2ccc(OCCC[Si](OCC)(OCC)OCC)cc2c1.CCO[SiH](OCC)OCC.Oc1ccc2ccc(O)cc2c1.[CH3-]. The maximum absolute atomic E-state index is 9.14. The van der Waals surface area contributed by atoms with Crippen molar-refractivity contribution in [1.29, 1.82) is 0 Å². The van der Waals surface area contributed by atoms with Gasteiger partial charge in [-0.2, -0.15) is 0 Å². The zero-order valence-corrected chi connectivity index (χ0v) is 49.0. The molecule has 6 aromatic rings. The van der Waals surface area contributed by atoms with Crippen LogP contribution in [-0.2, 0) is 26.6 Å². The summed E-state index contributed by atoms with van der Waals surface area (Å²) in [6.07, 6.45) is 8.27. The van der Waals surface area contributed by atoms with E-state index in [-0.39, 0.29) is 26.4 Å². The predicted octanol–water partition coefficient (Wildman–Crippen LogP) is 15.5. The van der Waals surface area contributed by atoms with E-state index < -0.39 is 18.3 Å². The molecule has 0 atom stereocenters. The second kappa shape index (κ2) is 43.0. The molecule has 0 aromatic heterocycles. The van der Waals surface area contributed by atoms with E-state index in [0.717, 1.165) is 87.2 Å². The molecule has 6 rings (SSSR count). The second-order valence-corrected chi connectivity index (χ2v) is 20.4. The third kappa shape index (κ3) is 28.5. The first-order valence-electron chi connectivity index (χ1n) is 25.2. The fourth-order valence-electron chi connectivity index (χ4n) is 6.66. The van der Waals surface area contributed by atoms with Crippen molar-refractivity contribution >= 4 is 66.6 Å². The quantitative estimate of drug-likeness (QED) is 0.0159. The summed E-state index contributed by atoms with van der Waals surface area (Å²) in [7, 11) is -4.33. The molecular weight excluding hydrogens is 1050 g/mol. The van der Waals surface area contributed by atoms with Gasteiger partial charge in [-0.3, -0.25) is 0 Å². The van der Waals surface area contributed by atoms with Crippen molar-refractivity contribution in [2.24, 2.45) is 0 Å². The molecule has 2 N–H and O–H groups in total. The number of hydrogen-bond acceptors (Lipinski definition) is 12. The van der Waals surface area contributed by atoms with E-state index in [0.29, 0.717) is 59.5 Å². The van der Waals surface area contributed by atoms with Crippen LogP contribution in [0.1, 0.15) is 75.2 Å². The Balaban J connectivity index is 0.00000102. The smallest absolute Gasteiger partial charge is 0.501 e. The number of fused-ring (bicyclic) bond motifs is 3. The number of benzene rings is 6. The van der Waals surface area contributed by atoms with Crippen LogP contribution in [0.25, 0.3) is 32.3 Å². The van der Waals surface area contributed by atoms with E-state index in [1.54, 1.807) is 42.5 Å². The van der Waals surface area contributed by atoms with Crippen LogP contribution < -0.4 is 18.9 Å². The normalized spacial score (nSPS) is 10.4. The zero-order valence-electron chi connectivity index (χ0n) is 45.3. The summed E-state index contributed by atoms with van der Waals surface area (Å²) in [5.74, 6) is 3.87. The Morgan fingerprint density at radius 1 is 0.467 bits per heavy atom.